The summed E-state index contributed by atoms with van der Waals surface area (Å²) in [6.45, 7) is 4.13. The Kier molecular flexibility index (Phi) is 3.03. The van der Waals surface area contributed by atoms with E-state index in [1.54, 1.807) is 6.92 Å². The Labute approximate surface area is 78.1 Å². The number of hydrogen-bond acceptors (Lipinski definition) is 3. The first-order chi connectivity index (χ1) is 6.02. The molecule has 0 bridgehead atoms. The molecule has 0 radical (unpaired) electrons. The van der Waals surface area contributed by atoms with Gasteiger partial charge in [-0.2, -0.15) is 0 Å². The monoisotopic (exact) mass is 184 g/mol. The zero-order valence-electron chi connectivity index (χ0n) is 8.12. The minimum Gasteiger partial charge on any atom is -0.328 e. The van der Waals surface area contributed by atoms with Crippen molar-refractivity contribution < 1.29 is 9.59 Å². The third-order valence-electron chi connectivity index (χ3n) is 2.28. The molecule has 1 aliphatic heterocycles. The van der Waals surface area contributed by atoms with Crippen molar-refractivity contribution in [1.29, 1.82) is 0 Å². The quantitative estimate of drug-likeness (QED) is 0.633. The van der Waals surface area contributed by atoms with Crippen molar-refractivity contribution in [3.63, 3.8) is 0 Å². The molecule has 1 aliphatic rings. The van der Waals surface area contributed by atoms with E-state index in [9.17, 15) is 9.59 Å². The van der Waals surface area contributed by atoms with Gasteiger partial charge in [-0.15, -0.1) is 0 Å². The van der Waals surface area contributed by atoms with E-state index >= 15 is 0 Å². The van der Waals surface area contributed by atoms with E-state index in [0.717, 1.165) is 0 Å². The molecule has 0 saturated carbocycles. The lowest BCUT2D eigenvalue weighted by molar-refractivity contribution is -0.139. The molecule has 1 fully saturated rings. The minimum atomic E-state index is -0.138. The highest BCUT2D eigenvalue weighted by molar-refractivity contribution is 6.03. The first-order valence-electron chi connectivity index (χ1n) is 4.62. The molecule has 2 amide bonds. The van der Waals surface area contributed by atoms with Crippen LogP contribution < -0.4 is 5.73 Å². The number of nitrogens with zero attached hydrogens (tertiary/aromatic N) is 1. The van der Waals surface area contributed by atoms with Gasteiger partial charge in [-0.1, -0.05) is 6.92 Å². The van der Waals surface area contributed by atoms with Gasteiger partial charge in [0.1, 0.15) is 0 Å². The van der Waals surface area contributed by atoms with Crippen molar-refractivity contribution in [1.82, 2.24) is 4.90 Å². The second-order valence-electron chi connectivity index (χ2n) is 3.75. The van der Waals surface area contributed by atoms with E-state index in [1.807, 2.05) is 6.92 Å². The zero-order chi connectivity index (χ0) is 10.0. The third-order valence-corrected chi connectivity index (χ3v) is 2.28. The topological polar surface area (TPSA) is 63.4 Å². The number of imide groups is 1. The molecule has 1 rings (SSSR count). The van der Waals surface area contributed by atoms with Crippen LogP contribution in [0.5, 0.6) is 0 Å². The number of rotatable bonds is 3. The molecular weight excluding hydrogens is 168 g/mol. The van der Waals surface area contributed by atoms with Gasteiger partial charge in [0.2, 0.25) is 11.8 Å². The van der Waals surface area contributed by atoms with Gasteiger partial charge in [0.15, 0.2) is 0 Å². The van der Waals surface area contributed by atoms with E-state index in [1.165, 1.54) is 4.90 Å². The molecule has 74 valence electrons. The number of nitrogens with two attached hydrogens (primary N) is 1. The Morgan fingerprint density at radius 3 is 2.62 bits per heavy atom. The van der Waals surface area contributed by atoms with Crippen LogP contribution in [-0.4, -0.2) is 29.3 Å². The van der Waals surface area contributed by atoms with Crippen molar-refractivity contribution in [3.8, 4) is 0 Å². The van der Waals surface area contributed by atoms with Gasteiger partial charge >= 0.3 is 0 Å². The van der Waals surface area contributed by atoms with Gasteiger partial charge in [-0.3, -0.25) is 14.5 Å². The molecule has 13 heavy (non-hydrogen) atoms. The molecule has 0 aromatic heterocycles. The Morgan fingerprint density at radius 1 is 1.62 bits per heavy atom. The van der Waals surface area contributed by atoms with Gasteiger partial charge in [-0.05, 0) is 13.3 Å². The summed E-state index contributed by atoms with van der Waals surface area (Å²) in [6, 6.07) is 0.0384. The standard InChI is InChI=1S/C9H16N2O2/c1-6-5-8(12)11(9(6)13)4-3-7(2)10/h6-7H,3-5,10H2,1-2H3. The molecule has 1 saturated heterocycles. The lowest BCUT2D eigenvalue weighted by Gasteiger charge is -2.15. The second-order valence-corrected chi connectivity index (χ2v) is 3.75. The molecule has 4 nitrogen and oxygen atoms in total. The SMILES string of the molecule is CC(N)CCN1C(=O)CC(C)C1=O. The van der Waals surface area contributed by atoms with E-state index in [-0.39, 0.29) is 23.8 Å². The third kappa shape index (κ3) is 2.28. The zero-order valence-corrected chi connectivity index (χ0v) is 8.12. The maximum atomic E-state index is 11.4. The van der Waals surface area contributed by atoms with Gasteiger partial charge in [0.05, 0.1) is 0 Å². The summed E-state index contributed by atoms with van der Waals surface area (Å²) >= 11 is 0. The van der Waals surface area contributed by atoms with E-state index < -0.39 is 0 Å². The highest BCUT2D eigenvalue weighted by atomic mass is 16.2. The first-order valence-corrected chi connectivity index (χ1v) is 4.62. The molecule has 4 heteroatoms. The van der Waals surface area contributed by atoms with Crippen LogP contribution in [0.15, 0.2) is 0 Å². The van der Waals surface area contributed by atoms with Crippen LogP contribution in [0.2, 0.25) is 0 Å². The number of amides is 2. The Balaban J connectivity index is 2.49. The lowest BCUT2D eigenvalue weighted by atomic mass is 10.1. The van der Waals surface area contributed by atoms with Gasteiger partial charge in [-0.25, -0.2) is 0 Å². The van der Waals surface area contributed by atoms with Crippen LogP contribution in [0.3, 0.4) is 0 Å². The van der Waals surface area contributed by atoms with Crippen molar-refractivity contribution >= 4 is 11.8 Å². The number of carbonyl (C=O) groups is 2. The minimum absolute atomic E-state index is 0.0384. The first kappa shape index (κ1) is 10.2. The van der Waals surface area contributed by atoms with Gasteiger partial charge in [0.25, 0.3) is 0 Å². The maximum absolute atomic E-state index is 11.4. The summed E-state index contributed by atoms with van der Waals surface area (Å²) in [7, 11) is 0. The van der Waals surface area contributed by atoms with Crippen LogP contribution in [0.1, 0.15) is 26.7 Å². The second kappa shape index (κ2) is 3.87. The summed E-state index contributed by atoms with van der Waals surface area (Å²) in [5.74, 6) is -0.246. The van der Waals surface area contributed by atoms with Gasteiger partial charge in [0, 0.05) is 24.9 Å². The fourth-order valence-corrected chi connectivity index (χ4v) is 1.42. The molecule has 0 aromatic carbocycles. The predicted octanol–water partition coefficient (Wildman–Crippen LogP) is 0.119. The Morgan fingerprint density at radius 2 is 2.23 bits per heavy atom. The average Bonchev–Trinajstić information content (AvgIpc) is 2.24. The molecule has 2 N–H and O–H groups in total. The smallest absolute Gasteiger partial charge is 0.232 e. The highest BCUT2D eigenvalue weighted by Gasteiger charge is 2.34. The highest BCUT2D eigenvalue weighted by Crippen LogP contribution is 2.18. The Hall–Kier alpha value is -0.900. The molecular formula is C9H16N2O2. The fraction of sp³-hybridized carbons (Fsp3) is 0.778. The van der Waals surface area contributed by atoms with E-state index in [4.69, 9.17) is 5.73 Å². The van der Waals surface area contributed by atoms with Gasteiger partial charge < -0.3 is 5.73 Å². The Bertz CT molecular complexity index is 226. The molecule has 0 aliphatic carbocycles. The van der Waals surface area contributed by atoms with E-state index in [2.05, 4.69) is 0 Å². The summed E-state index contributed by atoms with van der Waals surface area (Å²) in [4.78, 5) is 24.0. The summed E-state index contributed by atoms with van der Waals surface area (Å²) in [6.07, 6.45) is 1.04. The van der Waals surface area contributed by atoms with Crippen molar-refractivity contribution in [2.24, 2.45) is 11.7 Å². The molecule has 2 atom stereocenters. The van der Waals surface area contributed by atoms with Crippen LogP contribution in [0, 0.1) is 5.92 Å². The molecule has 0 spiro atoms. The largest absolute Gasteiger partial charge is 0.328 e. The number of carbonyl (C=O) groups excluding carboxylic acids is 2. The fourth-order valence-electron chi connectivity index (χ4n) is 1.42. The van der Waals surface area contributed by atoms with E-state index in [0.29, 0.717) is 19.4 Å². The van der Waals surface area contributed by atoms with Crippen LogP contribution in [-0.2, 0) is 9.59 Å². The number of likely N-dealkylation sites (tertiary alicyclic amines) is 1. The number of hydrogen-bond donors (Lipinski definition) is 1. The summed E-state index contributed by atoms with van der Waals surface area (Å²) < 4.78 is 0. The summed E-state index contributed by atoms with van der Waals surface area (Å²) in [5, 5.41) is 0. The van der Waals surface area contributed by atoms with Crippen LogP contribution in [0.25, 0.3) is 0 Å². The van der Waals surface area contributed by atoms with Crippen molar-refractivity contribution in [3.05, 3.63) is 0 Å². The van der Waals surface area contributed by atoms with Crippen LogP contribution in [0.4, 0.5) is 0 Å². The predicted molar refractivity (Wildman–Crippen MR) is 48.8 cm³/mol. The molecule has 1 heterocycles. The molecule has 2 unspecified atom stereocenters. The van der Waals surface area contributed by atoms with Crippen molar-refractivity contribution in [2.45, 2.75) is 32.7 Å². The maximum Gasteiger partial charge on any atom is 0.232 e. The lowest BCUT2D eigenvalue weighted by Crippen LogP contribution is -2.34. The normalized spacial score (nSPS) is 25.5. The van der Waals surface area contributed by atoms with Crippen LogP contribution >= 0.6 is 0 Å². The average molecular weight is 184 g/mol. The molecule has 0 aromatic rings. The van der Waals surface area contributed by atoms with Crippen molar-refractivity contribution in [2.75, 3.05) is 6.54 Å². The summed E-state index contributed by atoms with van der Waals surface area (Å²) in [5.41, 5.74) is 5.55.